The molecular weight excluding hydrogens is 244 g/mol. The van der Waals surface area contributed by atoms with Crippen LogP contribution in [0.3, 0.4) is 0 Å². The minimum absolute atomic E-state index is 0.0229. The Labute approximate surface area is 112 Å². The number of carbonyl (C=O) groups excluding carboxylic acids is 2. The first-order valence-electron chi connectivity index (χ1n) is 6.51. The number of nitrogens with zero attached hydrogens (tertiary/aromatic N) is 2. The molecule has 1 aromatic rings. The lowest BCUT2D eigenvalue weighted by Gasteiger charge is -2.30. The number of rotatable bonds is 2. The molecule has 1 atom stereocenters. The topological polar surface area (TPSA) is 78.1 Å². The third-order valence-corrected chi connectivity index (χ3v) is 3.22. The normalized spacial score (nSPS) is 19.5. The third-order valence-electron chi connectivity index (χ3n) is 3.22. The Morgan fingerprint density at radius 3 is 2.79 bits per heavy atom. The van der Waals surface area contributed by atoms with Crippen molar-refractivity contribution in [3.63, 3.8) is 0 Å². The van der Waals surface area contributed by atoms with Gasteiger partial charge in [0.15, 0.2) is 0 Å². The van der Waals surface area contributed by atoms with Crippen molar-refractivity contribution in [1.82, 2.24) is 15.1 Å². The molecule has 2 heterocycles. The summed E-state index contributed by atoms with van der Waals surface area (Å²) in [5, 5.41) is 9.20. The maximum absolute atomic E-state index is 12.3. The highest BCUT2D eigenvalue weighted by atomic mass is 16.2. The number of nitrogens with one attached hydrogen (secondary N) is 2. The summed E-state index contributed by atoms with van der Waals surface area (Å²) in [7, 11) is 0. The molecule has 0 aliphatic carbocycles. The summed E-state index contributed by atoms with van der Waals surface area (Å²) in [6.45, 7) is 6.27. The zero-order valence-corrected chi connectivity index (χ0v) is 11.6. The predicted molar refractivity (Wildman–Crippen MR) is 71.4 cm³/mol. The Bertz CT molecular complexity index is 461. The molecule has 6 nitrogen and oxygen atoms in total. The molecular formula is C13H20N4O2. The van der Waals surface area contributed by atoms with Crippen molar-refractivity contribution in [2.75, 3.05) is 11.9 Å². The van der Waals surface area contributed by atoms with Gasteiger partial charge in [-0.15, -0.1) is 0 Å². The molecule has 104 valence electrons. The molecule has 1 saturated heterocycles. The SMILES string of the molecule is CC(C)(C)C(=O)N1CCCC1C(=O)Nc1ccn[nH]1. The Morgan fingerprint density at radius 2 is 2.21 bits per heavy atom. The lowest BCUT2D eigenvalue weighted by Crippen LogP contribution is -2.47. The molecule has 2 amide bonds. The molecule has 1 aliphatic heterocycles. The molecule has 0 saturated carbocycles. The maximum atomic E-state index is 12.3. The van der Waals surface area contributed by atoms with Gasteiger partial charge in [0, 0.05) is 18.0 Å². The largest absolute Gasteiger partial charge is 0.330 e. The van der Waals surface area contributed by atoms with E-state index in [9.17, 15) is 9.59 Å². The molecule has 0 aromatic carbocycles. The number of amides is 2. The van der Waals surface area contributed by atoms with Crippen LogP contribution in [0.25, 0.3) is 0 Å². The fraction of sp³-hybridized carbons (Fsp3) is 0.615. The van der Waals surface area contributed by atoms with Crippen molar-refractivity contribution < 1.29 is 9.59 Å². The van der Waals surface area contributed by atoms with Crippen LogP contribution in [0.2, 0.25) is 0 Å². The summed E-state index contributed by atoms with van der Waals surface area (Å²) in [4.78, 5) is 26.2. The van der Waals surface area contributed by atoms with Crippen molar-refractivity contribution in [2.24, 2.45) is 5.41 Å². The van der Waals surface area contributed by atoms with Gasteiger partial charge in [0.25, 0.3) is 0 Å². The van der Waals surface area contributed by atoms with E-state index in [1.165, 1.54) is 0 Å². The number of likely N-dealkylation sites (tertiary alicyclic amines) is 1. The van der Waals surface area contributed by atoms with E-state index >= 15 is 0 Å². The van der Waals surface area contributed by atoms with Crippen LogP contribution in [0, 0.1) is 5.41 Å². The summed E-state index contributed by atoms with van der Waals surface area (Å²) < 4.78 is 0. The fourth-order valence-corrected chi connectivity index (χ4v) is 2.25. The molecule has 1 unspecified atom stereocenters. The molecule has 0 spiro atoms. The predicted octanol–water partition coefficient (Wildman–Crippen LogP) is 1.39. The number of hydrogen-bond acceptors (Lipinski definition) is 3. The van der Waals surface area contributed by atoms with Crippen LogP contribution in [0.1, 0.15) is 33.6 Å². The van der Waals surface area contributed by atoms with Crippen molar-refractivity contribution in [2.45, 2.75) is 39.7 Å². The van der Waals surface area contributed by atoms with Gasteiger partial charge >= 0.3 is 0 Å². The van der Waals surface area contributed by atoms with Gasteiger partial charge < -0.3 is 10.2 Å². The van der Waals surface area contributed by atoms with Crippen LogP contribution in [0.4, 0.5) is 5.82 Å². The Morgan fingerprint density at radius 1 is 1.47 bits per heavy atom. The molecule has 2 rings (SSSR count). The second-order valence-corrected chi connectivity index (χ2v) is 5.87. The molecule has 0 bridgehead atoms. The minimum atomic E-state index is -0.461. The van der Waals surface area contributed by atoms with E-state index in [1.54, 1.807) is 17.2 Å². The van der Waals surface area contributed by atoms with Gasteiger partial charge in [0.05, 0.1) is 6.20 Å². The lowest BCUT2D eigenvalue weighted by atomic mass is 9.94. The molecule has 1 aromatic heterocycles. The third kappa shape index (κ3) is 2.94. The molecule has 2 N–H and O–H groups in total. The summed E-state index contributed by atoms with van der Waals surface area (Å²) in [5.41, 5.74) is -0.461. The van der Waals surface area contributed by atoms with Crippen molar-refractivity contribution in [3.05, 3.63) is 12.3 Å². The van der Waals surface area contributed by atoms with E-state index in [0.29, 0.717) is 18.8 Å². The second kappa shape index (κ2) is 5.03. The van der Waals surface area contributed by atoms with Crippen LogP contribution in [0.15, 0.2) is 12.3 Å². The summed E-state index contributed by atoms with van der Waals surface area (Å²) in [5.74, 6) is 0.425. The van der Waals surface area contributed by atoms with Crippen molar-refractivity contribution >= 4 is 17.6 Å². The van der Waals surface area contributed by atoms with Gasteiger partial charge in [0.2, 0.25) is 11.8 Å². The number of anilines is 1. The van der Waals surface area contributed by atoms with Crippen molar-refractivity contribution in [1.29, 1.82) is 0 Å². The number of carbonyl (C=O) groups is 2. The smallest absolute Gasteiger partial charge is 0.248 e. The fourth-order valence-electron chi connectivity index (χ4n) is 2.25. The van der Waals surface area contributed by atoms with Crippen LogP contribution in [-0.2, 0) is 9.59 Å². The summed E-state index contributed by atoms with van der Waals surface area (Å²) in [6, 6.07) is 1.30. The second-order valence-electron chi connectivity index (χ2n) is 5.87. The standard InChI is InChI=1S/C13H20N4O2/c1-13(2,3)12(19)17-8-4-5-9(17)11(18)15-10-6-7-14-16-10/h6-7,9H,4-5,8H2,1-3H3,(H2,14,15,16,18). The average molecular weight is 264 g/mol. The Balaban J connectivity index is 2.06. The van der Waals surface area contributed by atoms with Gasteiger partial charge in [-0.05, 0) is 12.8 Å². The Kier molecular flexibility index (Phi) is 3.59. The zero-order chi connectivity index (χ0) is 14.0. The van der Waals surface area contributed by atoms with E-state index in [2.05, 4.69) is 15.5 Å². The highest BCUT2D eigenvalue weighted by molar-refractivity contribution is 5.97. The monoisotopic (exact) mass is 264 g/mol. The number of H-pyrrole nitrogens is 1. The molecule has 6 heteroatoms. The highest BCUT2D eigenvalue weighted by Gasteiger charge is 2.38. The van der Waals surface area contributed by atoms with E-state index in [0.717, 1.165) is 6.42 Å². The van der Waals surface area contributed by atoms with E-state index in [-0.39, 0.29) is 17.9 Å². The quantitative estimate of drug-likeness (QED) is 0.847. The van der Waals surface area contributed by atoms with E-state index < -0.39 is 5.41 Å². The van der Waals surface area contributed by atoms with Crippen LogP contribution in [-0.4, -0.2) is 39.5 Å². The van der Waals surface area contributed by atoms with Gasteiger partial charge in [0.1, 0.15) is 11.9 Å². The van der Waals surface area contributed by atoms with Crippen LogP contribution < -0.4 is 5.32 Å². The van der Waals surface area contributed by atoms with Gasteiger partial charge in [-0.1, -0.05) is 20.8 Å². The van der Waals surface area contributed by atoms with E-state index in [4.69, 9.17) is 0 Å². The van der Waals surface area contributed by atoms with E-state index in [1.807, 2.05) is 20.8 Å². The summed E-state index contributed by atoms with van der Waals surface area (Å²) >= 11 is 0. The average Bonchev–Trinajstić information content (AvgIpc) is 2.96. The van der Waals surface area contributed by atoms with Gasteiger partial charge in [-0.3, -0.25) is 14.7 Å². The first-order valence-corrected chi connectivity index (χ1v) is 6.51. The Hall–Kier alpha value is -1.85. The number of aromatic nitrogens is 2. The maximum Gasteiger partial charge on any atom is 0.248 e. The minimum Gasteiger partial charge on any atom is -0.330 e. The molecule has 1 aliphatic rings. The summed E-state index contributed by atoms with van der Waals surface area (Å²) in [6.07, 6.45) is 3.15. The number of aromatic amines is 1. The van der Waals surface area contributed by atoms with Gasteiger partial charge in [-0.25, -0.2) is 0 Å². The first-order chi connectivity index (χ1) is 8.89. The first kappa shape index (κ1) is 13.6. The lowest BCUT2D eigenvalue weighted by molar-refractivity contribution is -0.143. The van der Waals surface area contributed by atoms with Crippen molar-refractivity contribution in [3.8, 4) is 0 Å². The zero-order valence-electron chi connectivity index (χ0n) is 11.6. The van der Waals surface area contributed by atoms with Gasteiger partial charge in [-0.2, -0.15) is 5.10 Å². The number of hydrogen-bond donors (Lipinski definition) is 2. The van der Waals surface area contributed by atoms with Crippen LogP contribution >= 0.6 is 0 Å². The van der Waals surface area contributed by atoms with Crippen LogP contribution in [0.5, 0.6) is 0 Å². The molecule has 1 fully saturated rings. The highest BCUT2D eigenvalue weighted by Crippen LogP contribution is 2.26. The molecule has 0 radical (unpaired) electrons. The molecule has 19 heavy (non-hydrogen) atoms.